The van der Waals surface area contributed by atoms with Crippen LogP contribution in [0.15, 0.2) is 0 Å². The second kappa shape index (κ2) is 7.23. The van der Waals surface area contributed by atoms with Crippen molar-refractivity contribution in [1.29, 1.82) is 0 Å². The van der Waals surface area contributed by atoms with E-state index in [2.05, 4.69) is 0 Å². The summed E-state index contributed by atoms with van der Waals surface area (Å²) in [7, 11) is 2.52. The zero-order valence-corrected chi connectivity index (χ0v) is 8.01. The highest BCUT2D eigenvalue weighted by Gasteiger charge is 2.27. The highest BCUT2D eigenvalue weighted by Crippen LogP contribution is 2.19. The number of rotatable bonds is 2. The van der Waals surface area contributed by atoms with E-state index in [9.17, 15) is 5.11 Å². The van der Waals surface area contributed by atoms with E-state index in [0.29, 0.717) is 12.8 Å². The molecule has 1 saturated heterocycles. The standard InChI is InChI=1S/C7H14O4.CH4O/c1-10-7-3-5(9)2-6(4-8)11-7;1-2/h5-9H,2-4H2,1H3;2H,1H3. The molecular formula is C8H18O5. The molecule has 13 heavy (non-hydrogen) atoms. The topological polar surface area (TPSA) is 79.2 Å². The Morgan fingerprint density at radius 1 is 1.38 bits per heavy atom. The smallest absolute Gasteiger partial charge is 0.160 e. The lowest BCUT2D eigenvalue weighted by atomic mass is 10.1. The minimum atomic E-state index is -0.411. The van der Waals surface area contributed by atoms with Gasteiger partial charge < -0.3 is 24.8 Å². The van der Waals surface area contributed by atoms with Gasteiger partial charge in [-0.15, -0.1) is 0 Å². The molecule has 3 atom stereocenters. The molecule has 3 N–H and O–H groups in total. The minimum absolute atomic E-state index is 0.0586. The molecule has 5 nitrogen and oxygen atoms in total. The summed E-state index contributed by atoms with van der Waals surface area (Å²) in [5.74, 6) is 0. The predicted octanol–water partition coefficient (Wildman–Crippen LogP) is -0.900. The Morgan fingerprint density at radius 3 is 2.46 bits per heavy atom. The van der Waals surface area contributed by atoms with Crippen LogP contribution in [0.5, 0.6) is 0 Å². The quantitative estimate of drug-likeness (QED) is 0.531. The number of aliphatic hydroxyl groups excluding tert-OH is 3. The summed E-state index contributed by atoms with van der Waals surface area (Å²) < 4.78 is 10.1. The maximum atomic E-state index is 9.24. The van der Waals surface area contributed by atoms with Crippen molar-refractivity contribution in [3.8, 4) is 0 Å². The molecular weight excluding hydrogens is 176 g/mol. The SMILES string of the molecule is CO.COC1CC(O)CC(CO)O1. The van der Waals surface area contributed by atoms with Crippen LogP contribution in [0.25, 0.3) is 0 Å². The van der Waals surface area contributed by atoms with Crippen LogP contribution in [-0.2, 0) is 9.47 Å². The van der Waals surface area contributed by atoms with Gasteiger partial charge in [0.25, 0.3) is 0 Å². The van der Waals surface area contributed by atoms with Crippen molar-refractivity contribution in [2.45, 2.75) is 31.3 Å². The van der Waals surface area contributed by atoms with Gasteiger partial charge in [0.05, 0.1) is 18.8 Å². The van der Waals surface area contributed by atoms with Crippen molar-refractivity contribution in [2.75, 3.05) is 20.8 Å². The maximum absolute atomic E-state index is 9.24. The van der Waals surface area contributed by atoms with E-state index in [1.807, 2.05) is 0 Å². The Balaban J connectivity index is 0.000000671. The lowest BCUT2D eigenvalue weighted by molar-refractivity contribution is -0.210. The van der Waals surface area contributed by atoms with E-state index in [1.54, 1.807) is 0 Å². The second-order valence-corrected chi connectivity index (χ2v) is 2.73. The largest absolute Gasteiger partial charge is 0.400 e. The molecule has 1 heterocycles. The normalized spacial score (nSPS) is 33.5. The van der Waals surface area contributed by atoms with Crippen molar-refractivity contribution in [3.63, 3.8) is 0 Å². The van der Waals surface area contributed by atoms with Gasteiger partial charge in [0, 0.05) is 27.1 Å². The summed E-state index contributed by atoms with van der Waals surface area (Å²) in [5.41, 5.74) is 0. The first kappa shape index (κ1) is 12.8. The number of methoxy groups -OCH3 is 1. The summed E-state index contributed by atoms with van der Waals surface area (Å²) in [5, 5.41) is 25.0. The third-order valence-electron chi connectivity index (χ3n) is 1.81. The van der Waals surface area contributed by atoms with E-state index < -0.39 is 6.10 Å². The summed E-state index contributed by atoms with van der Waals surface area (Å²) >= 11 is 0. The summed E-state index contributed by atoms with van der Waals surface area (Å²) in [6.07, 6.45) is -0.0611. The van der Waals surface area contributed by atoms with Crippen LogP contribution in [0.2, 0.25) is 0 Å². The molecule has 0 radical (unpaired) electrons. The first-order valence-electron chi connectivity index (χ1n) is 4.18. The van der Waals surface area contributed by atoms with Crippen LogP contribution in [0.1, 0.15) is 12.8 Å². The number of aliphatic hydroxyl groups is 3. The molecule has 1 rings (SSSR count). The Bertz CT molecular complexity index is 107. The van der Waals surface area contributed by atoms with Gasteiger partial charge in [-0.05, 0) is 0 Å². The Morgan fingerprint density at radius 2 is 2.00 bits per heavy atom. The van der Waals surface area contributed by atoms with Gasteiger partial charge in [0.15, 0.2) is 6.29 Å². The lowest BCUT2D eigenvalue weighted by Crippen LogP contribution is -2.38. The highest BCUT2D eigenvalue weighted by atomic mass is 16.7. The molecule has 5 heteroatoms. The molecule has 0 aromatic rings. The average Bonchev–Trinajstić information content (AvgIpc) is 2.20. The van der Waals surface area contributed by atoms with Gasteiger partial charge >= 0.3 is 0 Å². The zero-order chi connectivity index (χ0) is 10.3. The highest BCUT2D eigenvalue weighted by molar-refractivity contribution is 4.72. The van der Waals surface area contributed by atoms with Crippen molar-refractivity contribution in [3.05, 3.63) is 0 Å². The summed E-state index contributed by atoms with van der Waals surface area (Å²) in [4.78, 5) is 0. The van der Waals surface area contributed by atoms with Crippen molar-refractivity contribution >= 4 is 0 Å². The predicted molar refractivity (Wildman–Crippen MR) is 46.1 cm³/mol. The molecule has 0 spiro atoms. The zero-order valence-electron chi connectivity index (χ0n) is 8.01. The van der Waals surface area contributed by atoms with Crippen LogP contribution in [0.4, 0.5) is 0 Å². The van der Waals surface area contributed by atoms with Crippen LogP contribution < -0.4 is 0 Å². The van der Waals surface area contributed by atoms with Crippen LogP contribution >= 0.6 is 0 Å². The average molecular weight is 194 g/mol. The number of ether oxygens (including phenoxy) is 2. The first-order valence-corrected chi connectivity index (χ1v) is 4.18. The van der Waals surface area contributed by atoms with E-state index in [-0.39, 0.29) is 19.0 Å². The van der Waals surface area contributed by atoms with Gasteiger partial charge in [-0.2, -0.15) is 0 Å². The molecule has 3 unspecified atom stereocenters. The number of hydrogen-bond acceptors (Lipinski definition) is 5. The second-order valence-electron chi connectivity index (χ2n) is 2.73. The summed E-state index contributed by atoms with van der Waals surface area (Å²) in [6.45, 7) is -0.0586. The minimum Gasteiger partial charge on any atom is -0.400 e. The Labute approximate surface area is 77.9 Å². The fourth-order valence-electron chi connectivity index (χ4n) is 1.22. The van der Waals surface area contributed by atoms with E-state index in [4.69, 9.17) is 19.7 Å². The molecule has 80 valence electrons. The Kier molecular flexibility index (Phi) is 7.12. The van der Waals surface area contributed by atoms with Gasteiger partial charge in [-0.3, -0.25) is 0 Å². The van der Waals surface area contributed by atoms with Crippen LogP contribution in [0, 0.1) is 0 Å². The van der Waals surface area contributed by atoms with Gasteiger partial charge in [-0.25, -0.2) is 0 Å². The molecule has 0 aliphatic carbocycles. The number of hydrogen-bond donors (Lipinski definition) is 3. The molecule has 1 fully saturated rings. The van der Waals surface area contributed by atoms with E-state index >= 15 is 0 Å². The molecule has 0 aromatic heterocycles. The third-order valence-corrected chi connectivity index (χ3v) is 1.81. The van der Waals surface area contributed by atoms with Gasteiger partial charge in [-0.1, -0.05) is 0 Å². The van der Waals surface area contributed by atoms with Crippen molar-refractivity contribution in [2.24, 2.45) is 0 Å². The van der Waals surface area contributed by atoms with Gasteiger partial charge in [0.1, 0.15) is 0 Å². The van der Waals surface area contributed by atoms with Crippen molar-refractivity contribution < 1.29 is 24.8 Å². The fourth-order valence-corrected chi connectivity index (χ4v) is 1.22. The molecule has 1 aliphatic heterocycles. The van der Waals surface area contributed by atoms with Gasteiger partial charge in [0.2, 0.25) is 0 Å². The first-order chi connectivity index (χ1) is 6.26. The van der Waals surface area contributed by atoms with Crippen LogP contribution in [0.3, 0.4) is 0 Å². The third kappa shape index (κ3) is 4.54. The summed E-state index contributed by atoms with van der Waals surface area (Å²) in [6, 6.07) is 0. The van der Waals surface area contributed by atoms with E-state index in [1.165, 1.54) is 7.11 Å². The molecule has 0 saturated carbocycles. The van der Waals surface area contributed by atoms with Crippen molar-refractivity contribution in [1.82, 2.24) is 0 Å². The molecule has 0 aromatic carbocycles. The molecule has 0 bridgehead atoms. The van der Waals surface area contributed by atoms with E-state index in [0.717, 1.165) is 7.11 Å². The Hall–Kier alpha value is -0.200. The monoisotopic (exact) mass is 194 g/mol. The fraction of sp³-hybridized carbons (Fsp3) is 1.00. The molecule has 1 aliphatic rings. The maximum Gasteiger partial charge on any atom is 0.160 e. The van der Waals surface area contributed by atoms with Crippen LogP contribution in [-0.4, -0.2) is 54.6 Å². The lowest BCUT2D eigenvalue weighted by Gasteiger charge is -2.30. The molecule has 0 amide bonds.